The maximum absolute atomic E-state index is 11.5. The van der Waals surface area contributed by atoms with E-state index in [2.05, 4.69) is 31.2 Å². The lowest BCUT2D eigenvalue weighted by Crippen LogP contribution is -2.29. The maximum Gasteiger partial charge on any atom is 0.314 e. The van der Waals surface area contributed by atoms with E-state index >= 15 is 0 Å². The van der Waals surface area contributed by atoms with Crippen LogP contribution in [0.1, 0.15) is 11.1 Å². The molecule has 0 aliphatic heterocycles. The molecular weight excluding hydrogens is 346 g/mol. The first-order valence-corrected chi connectivity index (χ1v) is 7.49. The van der Waals surface area contributed by atoms with E-state index in [0.29, 0.717) is 17.6 Å². The zero-order valence-corrected chi connectivity index (χ0v) is 13.1. The molecule has 0 saturated heterocycles. The highest BCUT2D eigenvalue weighted by Crippen LogP contribution is 2.20. The molecular formula is C16H13BrN3O2. The average molecular weight is 359 g/mol. The third-order valence-corrected chi connectivity index (χ3v) is 3.70. The summed E-state index contributed by atoms with van der Waals surface area (Å²) >= 11 is 3.41. The van der Waals surface area contributed by atoms with Crippen LogP contribution >= 0.6 is 15.9 Å². The van der Waals surface area contributed by atoms with Crippen LogP contribution in [0, 0.1) is 6.54 Å². The van der Waals surface area contributed by atoms with Crippen molar-refractivity contribution < 1.29 is 0 Å². The Labute approximate surface area is 134 Å². The molecule has 1 radical (unpaired) electrons. The van der Waals surface area contributed by atoms with Crippen LogP contribution < -0.4 is 16.4 Å². The van der Waals surface area contributed by atoms with E-state index in [-0.39, 0.29) is 0 Å². The number of aromatic nitrogens is 2. The highest BCUT2D eigenvalue weighted by atomic mass is 79.9. The molecule has 2 aromatic carbocycles. The fourth-order valence-electron chi connectivity index (χ4n) is 2.23. The van der Waals surface area contributed by atoms with Crippen LogP contribution in [0.4, 0.5) is 0 Å². The molecule has 0 bridgehead atoms. The van der Waals surface area contributed by atoms with Gasteiger partial charge in [0.15, 0.2) is 0 Å². The molecule has 6 heteroatoms. The second-order valence-electron chi connectivity index (χ2n) is 4.83. The van der Waals surface area contributed by atoms with Crippen LogP contribution in [0.25, 0.3) is 11.0 Å². The van der Waals surface area contributed by atoms with Gasteiger partial charge in [-0.25, -0.2) is 0 Å². The largest absolute Gasteiger partial charge is 0.316 e. The normalized spacial score (nSPS) is 11.0. The standard InChI is InChI=1S/C16H13BrN3O2/c17-12-6-11(9-18-8-10-4-2-1-3-5-10)14-13(7-12)19-15(21)16(22)20-14/h1-8,18H,9H2,(H,19,21)(H,20,22). The SMILES string of the molecule is O=c1[nH]c2cc(Br)cc(CN[CH]c3ccccc3)c2[nH]c1=O. The Morgan fingerprint density at radius 2 is 1.77 bits per heavy atom. The van der Waals surface area contributed by atoms with Crippen molar-refractivity contribution in [2.75, 3.05) is 0 Å². The van der Waals surface area contributed by atoms with Gasteiger partial charge in [0, 0.05) is 11.0 Å². The molecule has 0 aliphatic carbocycles. The third-order valence-electron chi connectivity index (χ3n) is 3.24. The van der Waals surface area contributed by atoms with Crippen LogP contribution in [0.3, 0.4) is 0 Å². The van der Waals surface area contributed by atoms with Gasteiger partial charge >= 0.3 is 11.1 Å². The number of halogens is 1. The van der Waals surface area contributed by atoms with Gasteiger partial charge in [-0.3, -0.25) is 9.59 Å². The van der Waals surface area contributed by atoms with Crippen LogP contribution in [-0.2, 0) is 6.54 Å². The summed E-state index contributed by atoms with van der Waals surface area (Å²) in [6, 6.07) is 13.5. The fourth-order valence-corrected chi connectivity index (χ4v) is 2.73. The Morgan fingerprint density at radius 3 is 2.55 bits per heavy atom. The number of aromatic amines is 2. The van der Waals surface area contributed by atoms with Gasteiger partial charge in [-0.05, 0) is 23.3 Å². The lowest BCUT2D eigenvalue weighted by molar-refractivity contribution is 0.821. The van der Waals surface area contributed by atoms with Gasteiger partial charge in [0.1, 0.15) is 0 Å². The molecule has 0 aliphatic rings. The number of nitrogens with one attached hydrogen (secondary N) is 3. The van der Waals surface area contributed by atoms with Crippen LogP contribution in [0.15, 0.2) is 56.5 Å². The highest BCUT2D eigenvalue weighted by molar-refractivity contribution is 9.10. The molecule has 3 N–H and O–H groups in total. The number of fused-ring (bicyclic) bond motifs is 1. The van der Waals surface area contributed by atoms with Crippen molar-refractivity contribution in [2.24, 2.45) is 0 Å². The number of hydrogen-bond acceptors (Lipinski definition) is 3. The Kier molecular flexibility index (Phi) is 4.22. The quantitative estimate of drug-likeness (QED) is 0.626. The van der Waals surface area contributed by atoms with E-state index in [1.54, 1.807) is 6.07 Å². The molecule has 0 unspecified atom stereocenters. The van der Waals surface area contributed by atoms with Gasteiger partial charge in [-0.1, -0.05) is 46.3 Å². The summed E-state index contributed by atoms with van der Waals surface area (Å²) in [6.07, 6.45) is 0. The van der Waals surface area contributed by atoms with E-state index in [1.165, 1.54) is 0 Å². The predicted molar refractivity (Wildman–Crippen MR) is 89.6 cm³/mol. The molecule has 0 atom stereocenters. The molecule has 1 aromatic heterocycles. The number of H-pyrrole nitrogens is 2. The zero-order valence-electron chi connectivity index (χ0n) is 11.5. The summed E-state index contributed by atoms with van der Waals surface area (Å²) in [6.45, 7) is 2.42. The predicted octanol–water partition coefficient (Wildman–Crippen LogP) is 2.28. The second-order valence-corrected chi connectivity index (χ2v) is 5.75. The summed E-state index contributed by atoms with van der Waals surface area (Å²) in [5, 5.41) is 3.21. The van der Waals surface area contributed by atoms with Crippen molar-refractivity contribution >= 4 is 27.0 Å². The molecule has 5 nitrogen and oxygen atoms in total. The molecule has 22 heavy (non-hydrogen) atoms. The first-order chi connectivity index (χ1) is 10.6. The van der Waals surface area contributed by atoms with Crippen molar-refractivity contribution in [2.45, 2.75) is 6.54 Å². The van der Waals surface area contributed by atoms with Crippen molar-refractivity contribution in [3.05, 3.63) is 85.3 Å². The van der Waals surface area contributed by atoms with Gasteiger partial charge in [0.05, 0.1) is 17.6 Å². The molecule has 1 heterocycles. The van der Waals surface area contributed by atoms with Gasteiger partial charge < -0.3 is 15.3 Å². The van der Waals surface area contributed by atoms with Gasteiger partial charge in [-0.15, -0.1) is 0 Å². The zero-order chi connectivity index (χ0) is 15.5. The molecule has 3 aromatic rings. The molecule has 0 amide bonds. The minimum Gasteiger partial charge on any atom is -0.316 e. The van der Waals surface area contributed by atoms with E-state index in [9.17, 15) is 9.59 Å². The van der Waals surface area contributed by atoms with Crippen molar-refractivity contribution in [3.8, 4) is 0 Å². The van der Waals surface area contributed by atoms with Gasteiger partial charge in [0.25, 0.3) is 0 Å². The van der Waals surface area contributed by atoms with Crippen LogP contribution in [0.5, 0.6) is 0 Å². The molecule has 0 saturated carbocycles. The molecule has 3 rings (SSSR count). The molecule has 111 valence electrons. The maximum atomic E-state index is 11.5. The second kappa shape index (κ2) is 6.29. The van der Waals surface area contributed by atoms with Crippen LogP contribution in [0.2, 0.25) is 0 Å². The Morgan fingerprint density at radius 1 is 1.05 bits per heavy atom. The molecule has 0 fully saturated rings. The summed E-state index contributed by atoms with van der Waals surface area (Å²) in [5.74, 6) is 0. The topological polar surface area (TPSA) is 77.8 Å². The number of hydrogen-bond donors (Lipinski definition) is 3. The summed E-state index contributed by atoms with van der Waals surface area (Å²) in [4.78, 5) is 28.2. The summed E-state index contributed by atoms with van der Waals surface area (Å²) < 4.78 is 0.833. The lowest BCUT2D eigenvalue weighted by atomic mass is 10.1. The number of rotatable bonds is 4. The summed E-state index contributed by atoms with van der Waals surface area (Å²) in [7, 11) is 0. The highest BCUT2D eigenvalue weighted by Gasteiger charge is 2.07. The minimum absolute atomic E-state index is 0.521. The van der Waals surface area contributed by atoms with E-state index < -0.39 is 11.1 Å². The third kappa shape index (κ3) is 3.18. The van der Waals surface area contributed by atoms with Crippen LogP contribution in [-0.4, -0.2) is 9.97 Å². The fraction of sp³-hybridized carbons (Fsp3) is 0.0625. The Bertz CT molecular complexity index is 916. The lowest BCUT2D eigenvalue weighted by Gasteiger charge is -2.08. The minimum atomic E-state index is -0.652. The van der Waals surface area contributed by atoms with Crippen molar-refractivity contribution in [1.82, 2.24) is 15.3 Å². The smallest absolute Gasteiger partial charge is 0.314 e. The van der Waals surface area contributed by atoms with Gasteiger partial charge in [0.2, 0.25) is 0 Å². The van der Waals surface area contributed by atoms with E-state index in [0.717, 1.165) is 15.6 Å². The number of benzene rings is 2. The summed E-state index contributed by atoms with van der Waals surface area (Å²) in [5.41, 5.74) is 1.86. The van der Waals surface area contributed by atoms with Crippen molar-refractivity contribution in [3.63, 3.8) is 0 Å². The first kappa shape index (κ1) is 14.7. The Balaban J connectivity index is 1.88. The van der Waals surface area contributed by atoms with Gasteiger partial charge in [-0.2, -0.15) is 0 Å². The van der Waals surface area contributed by atoms with E-state index in [1.807, 2.05) is 42.9 Å². The van der Waals surface area contributed by atoms with E-state index in [4.69, 9.17) is 0 Å². The molecule has 0 spiro atoms. The monoisotopic (exact) mass is 358 g/mol. The first-order valence-electron chi connectivity index (χ1n) is 6.70. The Hall–Kier alpha value is -2.18. The average Bonchev–Trinajstić information content (AvgIpc) is 2.50. The van der Waals surface area contributed by atoms with Crippen molar-refractivity contribution in [1.29, 1.82) is 0 Å².